The summed E-state index contributed by atoms with van der Waals surface area (Å²) < 4.78 is 33.3. The molecule has 3 nitrogen and oxygen atoms in total. The van der Waals surface area contributed by atoms with Gasteiger partial charge in [-0.25, -0.2) is 13.8 Å². The summed E-state index contributed by atoms with van der Waals surface area (Å²) in [6.07, 6.45) is 0.156. The number of benzene rings is 2. The van der Waals surface area contributed by atoms with E-state index < -0.39 is 17.9 Å². The van der Waals surface area contributed by atoms with Crippen molar-refractivity contribution < 1.29 is 13.5 Å². The van der Waals surface area contributed by atoms with E-state index >= 15 is 0 Å². The summed E-state index contributed by atoms with van der Waals surface area (Å²) in [5.41, 5.74) is 2.58. The van der Waals surface area contributed by atoms with Gasteiger partial charge in [0, 0.05) is 17.5 Å². The van der Waals surface area contributed by atoms with Crippen molar-refractivity contribution in [3.63, 3.8) is 0 Å². The Kier molecular flexibility index (Phi) is 3.53. The molecule has 0 saturated heterocycles. The molecule has 26 heavy (non-hydrogen) atoms. The number of rotatable bonds is 2. The van der Waals surface area contributed by atoms with Gasteiger partial charge in [-0.05, 0) is 29.6 Å². The fraction of sp³-hybridized carbons (Fsp3) is 0.150. The van der Waals surface area contributed by atoms with E-state index in [0.717, 1.165) is 34.4 Å². The first kappa shape index (κ1) is 15.5. The first-order chi connectivity index (χ1) is 12.7. The van der Waals surface area contributed by atoms with Crippen molar-refractivity contribution >= 4 is 17.0 Å². The molecule has 0 radical (unpaired) electrons. The number of para-hydroxylation sites is 1. The third kappa shape index (κ3) is 2.41. The predicted molar refractivity (Wildman–Crippen MR) is 96.2 cm³/mol. The predicted octanol–water partition coefficient (Wildman–Crippen LogP) is 5.27. The van der Waals surface area contributed by atoms with E-state index in [2.05, 4.69) is 0 Å². The summed E-state index contributed by atoms with van der Waals surface area (Å²) in [6, 6.07) is 15.7. The Morgan fingerprint density at radius 3 is 2.73 bits per heavy atom. The molecule has 0 saturated carbocycles. The maximum absolute atomic E-state index is 13.8. The standard InChI is InChI=1S/C20H14F2N2OS/c21-14-8-7-12(10-15(14)22)20-24-17(13-4-1-2-5-18(13)25-20)11-16(23-24)19-6-3-9-26-19/h1-10,17,20H,11H2/t17-,20-/m0/s1. The van der Waals surface area contributed by atoms with E-state index in [9.17, 15) is 8.78 Å². The maximum atomic E-state index is 13.8. The number of ether oxygens (including phenoxy) is 1. The Morgan fingerprint density at radius 2 is 1.92 bits per heavy atom. The van der Waals surface area contributed by atoms with Crippen molar-refractivity contribution in [3.8, 4) is 5.75 Å². The molecule has 130 valence electrons. The summed E-state index contributed by atoms with van der Waals surface area (Å²) >= 11 is 1.64. The number of hydrogen-bond acceptors (Lipinski definition) is 4. The number of fused-ring (bicyclic) bond motifs is 3. The zero-order valence-electron chi connectivity index (χ0n) is 13.6. The highest BCUT2D eigenvalue weighted by molar-refractivity contribution is 7.12. The first-order valence-corrected chi connectivity index (χ1v) is 9.19. The summed E-state index contributed by atoms with van der Waals surface area (Å²) in [6.45, 7) is 0. The van der Waals surface area contributed by atoms with E-state index in [0.29, 0.717) is 5.56 Å². The molecule has 0 aliphatic carbocycles. The maximum Gasteiger partial charge on any atom is 0.213 e. The molecule has 2 aromatic carbocycles. The molecule has 0 unspecified atom stereocenters. The van der Waals surface area contributed by atoms with Gasteiger partial charge in [-0.3, -0.25) is 0 Å². The second-order valence-electron chi connectivity index (χ2n) is 6.31. The van der Waals surface area contributed by atoms with E-state index in [1.807, 2.05) is 46.8 Å². The molecule has 3 aromatic rings. The van der Waals surface area contributed by atoms with Gasteiger partial charge in [0.25, 0.3) is 0 Å². The number of halogens is 2. The van der Waals surface area contributed by atoms with Crippen LogP contribution in [0.1, 0.15) is 34.7 Å². The van der Waals surface area contributed by atoms with E-state index in [-0.39, 0.29) is 6.04 Å². The van der Waals surface area contributed by atoms with Gasteiger partial charge in [0.1, 0.15) is 5.75 Å². The van der Waals surface area contributed by atoms with Gasteiger partial charge in [-0.2, -0.15) is 5.10 Å². The average molecular weight is 368 g/mol. The van der Waals surface area contributed by atoms with Crippen LogP contribution in [-0.4, -0.2) is 10.7 Å². The van der Waals surface area contributed by atoms with Crippen LogP contribution < -0.4 is 4.74 Å². The Hall–Kier alpha value is -2.73. The van der Waals surface area contributed by atoms with Crippen LogP contribution in [0.5, 0.6) is 5.75 Å². The fourth-order valence-corrected chi connectivity index (χ4v) is 4.23. The summed E-state index contributed by atoms with van der Waals surface area (Å²) in [5, 5.41) is 8.67. The quantitative estimate of drug-likeness (QED) is 0.616. The topological polar surface area (TPSA) is 24.8 Å². The monoisotopic (exact) mass is 368 g/mol. The van der Waals surface area contributed by atoms with Gasteiger partial charge in [0.15, 0.2) is 11.6 Å². The second-order valence-corrected chi connectivity index (χ2v) is 7.25. The van der Waals surface area contributed by atoms with Gasteiger partial charge in [-0.15, -0.1) is 11.3 Å². The molecule has 1 aromatic heterocycles. The minimum absolute atomic E-state index is 0.00941. The highest BCUT2D eigenvalue weighted by Gasteiger charge is 2.41. The smallest absolute Gasteiger partial charge is 0.213 e. The van der Waals surface area contributed by atoms with Crippen LogP contribution in [0.15, 0.2) is 65.1 Å². The lowest BCUT2D eigenvalue weighted by atomic mass is 9.98. The SMILES string of the molecule is Fc1ccc([C@@H]2Oc3ccccc3[C@@H]3CC(c4cccs4)=NN32)cc1F. The van der Waals surface area contributed by atoms with Crippen molar-refractivity contribution in [1.82, 2.24) is 5.01 Å². The van der Waals surface area contributed by atoms with Gasteiger partial charge >= 0.3 is 0 Å². The third-order valence-electron chi connectivity index (χ3n) is 4.73. The molecule has 0 bridgehead atoms. The molecule has 5 rings (SSSR count). The first-order valence-electron chi connectivity index (χ1n) is 8.31. The Balaban J connectivity index is 1.61. The van der Waals surface area contributed by atoms with Gasteiger partial charge in [0.2, 0.25) is 6.23 Å². The molecule has 2 atom stereocenters. The molecule has 0 fully saturated rings. The second kappa shape index (κ2) is 5.92. The van der Waals surface area contributed by atoms with Gasteiger partial charge < -0.3 is 4.74 Å². The minimum atomic E-state index is -0.886. The number of hydrogen-bond donors (Lipinski definition) is 0. The van der Waals surface area contributed by atoms with E-state index in [4.69, 9.17) is 9.84 Å². The minimum Gasteiger partial charge on any atom is -0.464 e. The third-order valence-corrected chi connectivity index (χ3v) is 5.65. The van der Waals surface area contributed by atoms with Gasteiger partial charge in [-0.1, -0.05) is 30.3 Å². The van der Waals surface area contributed by atoms with E-state index in [1.54, 1.807) is 17.4 Å². The zero-order valence-corrected chi connectivity index (χ0v) is 14.4. The lowest BCUT2D eigenvalue weighted by Gasteiger charge is -2.38. The van der Waals surface area contributed by atoms with Crippen LogP contribution in [0.2, 0.25) is 0 Å². The summed E-state index contributed by atoms with van der Waals surface area (Å²) in [4.78, 5) is 1.11. The molecule has 2 aliphatic rings. The van der Waals surface area contributed by atoms with E-state index in [1.165, 1.54) is 6.07 Å². The van der Waals surface area contributed by atoms with Crippen LogP contribution in [-0.2, 0) is 0 Å². The summed E-state index contributed by atoms with van der Waals surface area (Å²) in [7, 11) is 0. The number of hydrazone groups is 1. The molecular formula is C20H14F2N2OS. The molecule has 2 aliphatic heterocycles. The Bertz CT molecular complexity index is 1000. The zero-order chi connectivity index (χ0) is 17.7. The van der Waals surface area contributed by atoms with Crippen LogP contribution in [0.3, 0.4) is 0 Å². The molecule has 3 heterocycles. The molecular weight excluding hydrogens is 354 g/mol. The molecule has 6 heteroatoms. The van der Waals surface area contributed by atoms with Crippen molar-refractivity contribution in [2.75, 3.05) is 0 Å². The largest absolute Gasteiger partial charge is 0.464 e. The summed E-state index contributed by atoms with van der Waals surface area (Å²) in [5.74, 6) is -1.00. The highest BCUT2D eigenvalue weighted by atomic mass is 32.1. The van der Waals surface area contributed by atoms with Crippen molar-refractivity contribution in [2.24, 2.45) is 5.10 Å². The Labute approximate surface area is 153 Å². The molecule has 0 amide bonds. The lowest BCUT2D eigenvalue weighted by Crippen LogP contribution is -2.33. The van der Waals surface area contributed by atoms with Crippen LogP contribution in [0.25, 0.3) is 0 Å². The van der Waals surface area contributed by atoms with Crippen molar-refractivity contribution in [3.05, 3.63) is 87.6 Å². The Morgan fingerprint density at radius 1 is 1.04 bits per heavy atom. The van der Waals surface area contributed by atoms with Crippen LogP contribution >= 0.6 is 11.3 Å². The molecule has 0 N–H and O–H groups in total. The average Bonchev–Trinajstić information content (AvgIpc) is 3.33. The number of thiophene rings is 1. The highest BCUT2D eigenvalue weighted by Crippen LogP contribution is 2.47. The van der Waals surface area contributed by atoms with Crippen LogP contribution in [0, 0.1) is 11.6 Å². The normalized spacial score (nSPS) is 21.0. The van der Waals surface area contributed by atoms with Crippen molar-refractivity contribution in [1.29, 1.82) is 0 Å². The number of nitrogens with zero attached hydrogens (tertiary/aromatic N) is 2. The lowest BCUT2D eigenvalue weighted by molar-refractivity contribution is -0.0192. The van der Waals surface area contributed by atoms with Crippen molar-refractivity contribution in [2.45, 2.75) is 18.7 Å². The van der Waals surface area contributed by atoms with Gasteiger partial charge in [0.05, 0.1) is 16.6 Å². The molecule has 0 spiro atoms. The van der Waals surface area contributed by atoms with Crippen LogP contribution in [0.4, 0.5) is 8.78 Å². The fourth-order valence-electron chi connectivity index (χ4n) is 3.51.